The third-order valence-corrected chi connectivity index (χ3v) is 8.25. The summed E-state index contributed by atoms with van der Waals surface area (Å²) < 4.78 is 0. The Morgan fingerprint density at radius 3 is 1.56 bits per heavy atom. The molecule has 0 spiro atoms. The zero-order valence-corrected chi connectivity index (χ0v) is 30.1. The molecule has 0 aromatic rings. The quantitative estimate of drug-likeness (QED) is 0.0276. The molecule has 0 aromatic carbocycles. The number of hydrogen-bond acceptors (Lipinski definition) is 14. The highest BCUT2D eigenvalue weighted by Gasteiger charge is 2.48. The van der Waals surface area contributed by atoms with Crippen molar-refractivity contribution in [3.8, 4) is 0 Å². The van der Waals surface area contributed by atoms with E-state index in [2.05, 4.69) is 42.5 Å². The summed E-state index contributed by atoms with van der Waals surface area (Å²) in [7, 11) is 0. The molecule has 1 rings (SSSR count). The van der Waals surface area contributed by atoms with Crippen LogP contribution in [-0.2, 0) is 28.8 Å². The summed E-state index contributed by atoms with van der Waals surface area (Å²) in [5, 5.41) is 86.1. The molecule has 19 N–H and O–H groups in total. The number of carbonyl (C=O) groups excluding carboxylic acids is 7. The lowest BCUT2D eigenvalue weighted by Crippen LogP contribution is -2.62. The molecule has 8 amide bonds. The highest BCUT2D eigenvalue weighted by Crippen LogP contribution is 2.29. The van der Waals surface area contributed by atoms with Crippen molar-refractivity contribution < 1.29 is 64.2 Å². The number of aliphatic hydroxyl groups excluding tert-OH is 5. The van der Waals surface area contributed by atoms with Crippen LogP contribution in [0.5, 0.6) is 0 Å². The van der Waals surface area contributed by atoms with Crippen molar-refractivity contribution >= 4 is 47.4 Å². The van der Waals surface area contributed by atoms with Gasteiger partial charge in [-0.2, -0.15) is 0 Å². The minimum absolute atomic E-state index is 0.0413. The molecule has 2 unspecified atom stereocenters. The Bertz CT molecular complexity index is 1310. The number of guanidine groups is 1. The van der Waals surface area contributed by atoms with Crippen molar-refractivity contribution in [1.29, 1.82) is 5.41 Å². The van der Waals surface area contributed by atoms with Crippen LogP contribution in [0.25, 0.3) is 0 Å². The van der Waals surface area contributed by atoms with E-state index in [0.29, 0.717) is 0 Å². The van der Waals surface area contributed by atoms with Crippen molar-refractivity contribution in [2.45, 2.75) is 106 Å². The van der Waals surface area contributed by atoms with Gasteiger partial charge in [-0.1, -0.05) is 0 Å². The van der Waals surface area contributed by atoms with Gasteiger partial charge in [-0.25, -0.2) is 4.79 Å². The molecule has 308 valence electrons. The Morgan fingerprint density at radius 1 is 0.685 bits per heavy atom. The van der Waals surface area contributed by atoms with Gasteiger partial charge in [0.15, 0.2) is 5.96 Å². The lowest BCUT2D eigenvalue weighted by atomic mass is 9.79. The van der Waals surface area contributed by atoms with E-state index in [0.717, 1.165) is 0 Å². The van der Waals surface area contributed by atoms with Gasteiger partial charge in [0, 0.05) is 32.5 Å². The lowest BCUT2D eigenvalue weighted by Gasteiger charge is -2.39. The van der Waals surface area contributed by atoms with Crippen LogP contribution in [0.4, 0.5) is 4.79 Å². The first-order valence-electron chi connectivity index (χ1n) is 17.2. The Morgan fingerprint density at radius 2 is 1.11 bits per heavy atom. The third-order valence-electron chi connectivity index (χ3n) is 8.25. The fourth-order valence-electron chi connectivity index (χ4n) is 5.24. The van der Waals surface area contributed by atoms with E-state index in [1.54, 1.807) is 6.92 Å². The molecule has 1 fully saturated rings. The molecule has 1 aliphatic rings. The SMILES string of the molecule is CCNC(=O)[C@H](CCCNC(N)=O)NC(=O)[C@H](CO)NC(=O)[C@H](CCCNC(=N)N)NC(=O)[C@@H](CO)NC(=O)[C@@H](C)NC(=O)C1(O)CC(O)C(O)C(O)C1. The molecule has 1 saturated carbocycles. The number of rotatable bonds is 22. The van der Waals surface area contributed by atoms with Gasteiger partial charge in [-0.3, -0.25) is 34.2 Å². The molecule has 0 bridgehead atoms. The number of nitrogens with two attached hydrogens (primary N) is 2. The average molecular weight is 778 g/mol. The largest absolute Gasteiger partial charge is 0.394 e. The molecule has 1 aliphatic carbocycles. The topological polar surface area (TPSA) is 413 Å². The second kappa shape index (κ2) is 23.0. The highest BCUT2D eigenvalue weighted by molar-refractivity contribution is 5.97. The summed E-state index contributed by atoms with van der Waals surface area (Å²) in [4.78, 5) is 88.8. The Hall–Kier alpha value is -4.88. The lowest BCUT2D eigenvalue weighted by molar-refractivity contribution is -0.173. The van der Waals surface area contributed by atoms with Crippen LogP contribution in [0.1, 0.15) is 52.4 Å². The predicted octanol–water partition coefficient (Wildman–Crippen LogP) is -8.13. The summed E-state index contributed by atoms with van der Waals surface area (Å²) >= 11 is 0. The van der Waals surface area contributed by atoms with Crippen molar-refractivity contribution in [2.24, 2.45) is 11.5 Å². The van der Waals surface area contributed by atoms with Crippen molar-refractivity contribution in [2.75, 3.05) is 32.8 Å². The molecule has 0 aromatic heterocycles. The summed E-state index contributed by atoms with van der Waals surface area (Å²) in [6.07, 6.45) is -5.98. The standard InChI is InChI=1S/C30H55N11O13/c1-3-34-23(48)15(6-5-9-36-29(33)53)38-26(51)18(13-43)41-24(49)16(7-4-8-35-28(31)32)39-25(50)17(12-42)40-22(47)14(2)37-27(52)30(54)10-19(44)21(46)20(45)11-30/h14-21,42-46,54H,3-13H2,1-2H3,(H,34,48)(H,37,52)(H,38,51)(H,39,50)(H,40,47)(H,41,49)(H4,31,32,35)(H3,33,36,53)/t14-,15+,16+,17-,18+,19?,20?,21?,30?/m1/s1. The Kier molecular flexibility index (Phi) is 20.1. The van der Waals surface area contributed by atoms with E-state index in [4.69, 9.17) is 16.9 Å². The minimum atomic E-state index is -2.35. The predicted molar refractivity (Wildman–Crippen MR) is 186 cm³/mol. The van der Waals surface area contributed by atoms with Crippen molar-refractivity contribution in [3.63, 3.8) is 0 Å². The number of aliphatic hydroxyl groups is 6. The molecule has 24 heteroatoms. The van der Waals surface area contributed by atoms with Gasteiger partial charge in [0.25, 0.3) is 5.91 Å². The molecule has 0 saturated heterocycles. The fraction of sp³-hybridized carbons (Fsp3) is 0.733. The van der Waals surface area contributed by atoms with Gasteiger partial charge in [0.2, 0.25) is 29.5 Å². The van der Waals surface area contributed by atoms with E-state index < -0.39 is 122 Å². The van der Waals surface area contributed by atoms with E-state index in [-0.39, 0.29) is 51.3 Å². The summed E-state index contributed by atoms with van der Waals surface area (Å²) in [6, 6.07) is -8.18. The fourth-order valence-corrected chi connectivity index (χ4v) is 5.24. The number of urea groups is 1. The second-order valence-corrected chi connectivity index (χ2v) is 12.7. The third kappa shape index (κ3) is 15.6. The highest BCUT2D eigenvalue weighted by atomic mass is 16.4. The second-order valence-electron chi connectivity index (χ2n) is 12.7. The molecular formula is C30H55N11O13. The van der Waals surface area contributed by atoms with Gasteiger partial charge in [-0.05, 0) is 39.5 Å². The van der Waals surface area contributed by atoms with Crippen LogP contribution < -0.4 is 54.0 Å². The zero-order chi connectivity index (χ0) is 41.2. The van der Waals surface area contributed by atoms with E-state index in [9.17, 15) is 64.2 Å². The van der Waals surface area contributed by atoms with Gasteiger partial charge in [0.1, 0.15) is 41.9 Å². The van der Waals surface area contributed by atoms with Gasteiger partial charge < -0.3 is 84.6 Å². The van der Waals surface area contributed by atoms with Crippen LogP contribution in [0.15, 0.2) is 0 Å². The first-order chi connectivity index (χ1) is 25.3. The van der Waals surface area contributed by atoms with Crippen LogP contribution in [0.2, 0.25) is 0 Å². The van der Waals surface area contributed by atoms with Crippen LogP contribution in [0, 0.1) is 5.41 Å². The summed E-state index contributed by atoms with van der Waals surface area (Å²) in [6.45, 7) is 1.24. The maximum absolute atomic E-state index is 13.4. The van der Waals surface area contributed by atoms with Crippen molar-refractivity contribution in [3.05, 3.63) is 0 Å². The van der Waals surface area contributed by atoms with Crippen LogP contribution >= 0.6 is 0 Å². The molecule has 54 heavy (non-hydrogen) atoms. The van der Waals surface area contributed by atoms with E-state index in [1.165, 1.54) is 6.92 Å². The first kappa shape index (κ1) is 47.1. The number of amides is 8. The average Bonchev–Trinajstić information content (AvgIpc) is 3.10. The summed E-state index contributed by atoms with van der Waals surface area (Å²) in [5.41, 5.74) is 7.96. The minimum Gasteiger partial charge on any atom is -0.394 e. The van der Waals surface area contributed by atoms with E-state index in [1.807, 2.05) is 0 Å². The zero-order valence-electron chi connectivity index (χ0n) is 30.1. The normalized spacial score (nSPS) is 22.1. The number of hydrogen-bond donors (Lipinski definition) is 17. The Balaban J connectivity index is 3.03. The van der Waals surface area contributed by atoms with Gasteiger partial charge in [-0.15, -0.1) is 0 Å². The van der Waals surface area contributed by atoms with Crippen LogP contribution in [-0.4, -0.2) is 165 Å². The smallest absolute Gasteiger partial charge is 0.312 e. The van der Waals surface area contributed by atoms with Gasteiger partial charge in [0.05, 0.1) is 25.4 Å². The molecule has 7 atom stereocenters. The molecule has 0 radical (unpaired) electrons. The van der Waals surface area contributed by atoms with Gasteiger partial charge >= 0.3 is 6.03 Å². The first-order valence-corrected chi connectivity index (χ1v) is 17.2. The van der Waals surface area contributed by atoms with Crippen molar-refractivity contribution in [1.82, 2.24) is 42.5 Å². The number of carbonyl (C=O) groups is 7. The van der Waals surface area contributed by atoms with Crippen LogP contribution in [0.3, 0.4) is 0 Å². The van der Waals surface area contributed by atoms with E-state index >= 15 is 0 Å². The maximum atomic E-state index is 13.4. The number of likely N-dealkylation sites (N-methyl/N-ethyl adjacent to an activating group) is 1. The summed E-state index contributed by atoms with van der Waals surface area (Å²) in [5.74, 6) is -6.23. The monoisotopic (exact) mass is 777 g/mol. The number of nitrogens with one attached hydrogen (secondary N) is 9. The molecular weight excluding hydrogens is 722 g/mol. The molecule has 0 aliphatic heterocycles. The maximum Gasteiger partial charge on any atom is 0.312 e. The molecule has 24 nitrogen and oxygen atoms in total. The number of primary amides is 1. The Labute approximate surface area is 310 Å². The molecule has 0 heterocycles.